The Balaban J connectivity index is 2.30. The number of para-hydroxylation sites is 2. The summed E-state index contributed by atoms with van der Waals surface area (Å²) >= 11 is 3.39. The zero-order valence-corrected chi connectivity index (χ0v) is 13.0. The normalized spacial score (nSPS) is 10.6. The standard InChI is InChI=1S/C16H18BrFN2/c1-2-9-20(16-6-4-3-5-15(16)19)11-12-10-13(17)7-8-14(12)18/h3-8,10H,2,9,11,19H2,1H3. The minimum atomic E-state index is -0.191. The first kappa shape index (κ1) is 14.9. The number of rotatable bonds is 5. The maximum Gasteiger partial charge on any atom is 0.128 e. The number of halogens is 2. The lowest BCUT2D eigenvalue weighted by molar-refractivity contribution is 0.603. The summed E-state index contributed by atoms with van der Waals surface area (Å²) in [5.74, 6) is -0.191. The van der Waals surface area contributed by atoms with Gasteiger partial charge in [-0.3, -0.25) is 0 Å². The molecule has 0 saturated heterocycles. The predicted octanol–water partition coefficient (Wildman–Crippen LogP) is 4.59. The Bertz CT molecular complexity index is 586. The number of nitrogen functional groups attached to an aromatic ring is 1. The molecule has 0 bridgehead atoms. The Hall–Kier alpha value is -1.55. The fraction of sp³-hybridized carbons (Fsp3) is 0.250. The predicted molar refractivity (Wildman–Crippen MR) is 86.3 cm³/mol. The third-order valence-electron chi connectivity index (χ3n) is 3.14. The van der Waals surface area contributed by atoms with E-state index in [0.717, 1.165) is 28.8 Å². The maximum atomic E-state index is 13.9. The summed E-state index contributed by atoms with van der Waals surface area (Å²) in [5.41, 5.74) is 8.36. The Morgan fingerprint density at radius 1 is 1.20 bits per heavy atom. The highest BCUT2D eigenvalue weighted by Gasteiger charge is 2.12. The summed E-state index contributed by atoms with van der Waals surface area (Å²) in [6.45, 7) is 3.44. The zero-order chi connectivity index (χ0) is 14.5. The average Bonchev–Trinajstić information content (AvgIpc) is 2.43. The molecule has 0 radical (unpaired) electrons. The van der Waals surface area contributed by atoms with Gasteiger partial charge >= 0.3 is 0 Å². The SMILES string of the molecule is CCCN(Cc1cc(Br)ccc1F)c1ccccc1N. The molecule has 2 nitrogen and oxygen atoms in total. The number of hydrogen-bond donors (Lipinski definition) is 1. The van der Waals surface area contributed by atoms with Crippen LogP contribution in [0.5, 0.6) is 0 Å². The van der Waals surface area contributed by atoms with Gasteiger partial charge in [0, 0.05) is 23.1 Å². The topological polar surface area (TPSA) is 29.3 Å². The van der Waals surface area contributed by atoms with Gasteiger partial charge in [-0.05, 0) is 36.8 Å². The Kier molecular flexibility index (Phi) is 5.01. The van der Waals surface area contributed by atoms with Crippen molar-refractivity contribution in [2.45, 2.75) is 19.9 Å². The van der Waals surface area contributed by atoms with Crippen LogP contribution in [-0.4, -0.2) is 6.54 Å². The third-order valence-corrected chi connectivity index (χ3v) is 3.63. The fourth-order valence-electron chi connectivity index (χ4n) is 2.20. The van der Waals surface area contributed by atoms with Crippen LogP contribution in [-0.2, 0) is 6.54 Å². The number of benzene rings is 2. The molecule has 2 rings (SSSR count). The molecule has 0 saturated carbocycles. The molecule has 2 N–H and O–H groups in total. The van der Waals surface area contributed by atoms with E-state index in [1.165, 1.54) is 6.07 Å². The highest BCUT2D eigenvalue weighted by molar-refractivity contribution is 9.10. The van der Waals surface area contributed by atoms with Gasteiger partial charge in [-0.15, -0.1) is 0 Å². The molecule has 2 aromatic carbocycles. The molecule has 106 valence electrons. The van der Waals surface area contributed by atoms with Gasteiger partial charge in [-0.1, -0.05) is 35.0 Å². The molecule has 0 aliphatic heterocycles. The maximum absolute atomic E-state index is 13.9. The van der Waals surface area contributed by atoms with Crippen molar-refractivity contribution in [3.63, 3.8) is 0 Å². The van der Waals surface area contributed by atoms with Gasteiger partial charge in [0.2, 0.25) is 0 Å². The van der Waals surface area contributed by atoms with Crippen LogP contribution in [0.15, 0.2) is 46.9 Å². The first-order chi connectivity index (χ1) is 9.61. The smallest absolute Gasteiger partial charge is 0.128 e. The summed E-state index contributed by atoms with van der Waals surface area (Å²) in [5, 5.41) is 0. The highest BCUT2D eigenvalue weighted by atomic mass is 79.9. The molecule has 0 unspecified atom stereocenters. The van der Waals surface area contributed by atoms with Crippen LogP contribution in [0.4, 0.5) is 15.8 Å². The Morgan fingerprint density at radius 2 is 1.95 bits per heavy atom. The van der Waals surface area contributed by atoms with Gasteiger partial charge in [0.05, 0.1) is 11.4 Å². The Labute approximate surface area is 127 Å². The first-order valence-corrected chi connectivity index (χ1v) is 7.44. The molecule has 0 aromatic heterocycles. The van der Waals surface area contributed by atoms with E-state index in [-0.39, 0.29) is 5.82 Å². The van der Waals surface area contributed by atoms with Crippen LogP contribution in [0.25, 0.3) is 0 Å². The van der Waals surface area contributed by atoms with Gasteiger partial charge in [0.1, 0.15) is 5.82 Å². The van der Waals surface area contributed by atoms with Crippen LogP contribution in [0.2, 0.25) is 0 Å². The van der Waals surface area contributed by atoms with Crippen molar-refractivity contribution >= 4 is 27.3 Å². The van der Waals surface area contributed by atoms with Crippen LogP contribution >= 0.6 is 15.9 Å². The van der Waals surface area contributed by atoms with E-state index in [1.54, 1.807) is 6.07 Å². The van der Waals surface area contributed by atoms with E-state index in [4.69, 9.17) is 5.73 Å². The van der Waals surface area contributed by atoms with Crippen molar-refractivity contribution in [2.75, 3.05) is 17.2 Å². The third kappa shape index (κ3) is 3.51. The van der Waals surface area contributed by atoms with Crippen molar-refractivity contribution in [3.8, 4) is 0 Å². The minimum absolute atomic E-state index is 0.191. The molecule has 20 heavy (non-hydrogen) atoms. The monoisotopic (exact) mass is 336 g/mol. The zero-order valence-electron chi connectivity index (χ0n) is 11.4. The lowest BCUT2D eigenvalue weighted by atomic mass is 10.1. The molecule has 0 fully saturated rings. The van der Waals surface area contributed by atoms with Gasteiger partial charge in [-0.25, -0.2) is 4.39 Å². The van der Waals surface area contributed by atoms with E-state index >= 15 is 0 Å². The molecular formula is C16H18BrFN2. The number of anilines is 2. The summed E-state index contributed by atoms with van der Waals surface area (Å²) in [4.78, 5) is 2.11. The summed E-state index contributed by atoms with van der Waals surface area (Å²) in [6, 6.07) is 12.7. The van der Waals surface area contributed by atoms with Crippen molar-refractivity contribution < 1.29 is 4.39 Å². The van der Waals surface area contributed by atoms with E-state index in [0.29, 0.717) is 12.1 Å². The summed E-state index contributed by atoms with van der Waals surface area (Å²) in [6.07, 6.45) is 0.976. The first-order valence-electron chi connectivity index (χ1n) is 6.65. The number of nitrogens with two attached hydrogens (primary N) is 1. The van der Waals surface area contributed by atoms with Crippen LogP contribution < -0.4 is 10.6 Å². The van der Waals surface area contributed by atoms with E-state index in [1.807, 2.05) is 30.3 Å². The second kappa shape index (κ2) is 6.75. The fourth-order valence-corrected chi connectivity index (χ4v) is 2.61. The van der Waals surface area contributed by atoms with Crippen LogP contribution in [0.1, 0.15) is 18.9 Å². The molecule has 0 atom stereocenters. The van der Waals surface area contributed by atoms with E-state index < -0.39 is 0 Å². The van der Waals surface area contributed by atoms with Crippen LogP contribution in [0.3, 0.4) is 0 Å². The molecule has 0 aliphatic carbocycles. The molecular weight excluding hydrogens is 319 g/mol. The quantitative estimate of drug-likeness (QED) is 0.809. The highest BCUT2D eigenvalue weighted by Crippen LogP contribution is 2.26. The van der Waals surface area contributed by atoms with Gasteiger partial charge < -0.3 is 10.6 Å². The molecule has 0 heterocycles. The second-order valence-electron chi connectivity index (χ2n) is 4.72. The van der Waals surface area contributed by atoms with E-state index in [9.17, 15) is 4.39 Å². The lowest BCUT2D eigenvalue weighted by Gasteiger charge is -2.26. The minimum Gasteiger partial charge on any atom is -0.397 e. The molecule has 2 aromatic rings. The molecule has 4 heteroatoms. The summed E-state index contributed by atoms with van der Waals surface area (Å²) < 4.78 is 14.8. The van der Waals surface area contributed by atoms with Crippen molar-refractivity contribution in [3.05, 3.63) is 58.3 Å². The van der Waals surface area contributed by atoms with Gasteiger partial charge in [0.15, 0.2) is 0 Å². The van der Waals surface area contributed by atoms with Gasteiger partial charge in [0.25, 0.3) is 0 Å². The number of nitrogens with zero attached hydrogens (tertiary/aromatic N) is 1. The molecule has 0 aliphatic rings. The van der Waals surface area contributed by atoms with Crippen molar-refractivity contribution in [1.82, 2.24) is 0 Å². The number of hydrogen-bond acceptors (Lipinski definition) is 2. The average molecular weight is 337 g/mol. The Morgan fingerprint density at radius 3 is 2.65 bits per heavy atom. The molecule has 0 amide bonds. The molecule has 0 spiro atoms. The van der Waals surface area contributed by atoms with Crippen LogP contribution in [0, 0.1) is 5.82 Å². The van der Waals surface area contributed by atoms with Crippen molar-refractivity contribution in [1.29, 1.82) is 0 Å². The van der Waals surface area contributed by atoms with E-state index in [2.05, 4.69) is 27.8 Å². The second-order valence-corrected chi connectivity index (χ2v) is 5.63. The summed E-state index contributed by atoms with van der Waals surface area (Å²) in [7, 11) is 0. The largest absolute Gasteiger partial charge is 0.397 e. The lowest BCUT2D eigenvalue weighted by Crippen LogP contribution is -2.25. The van der Waals surface area contributed by atoms with Crippen molar-refractivity contribution in [2.24, 2.45) is 0 Å². The van der Waals surface area contributed by atoms with Gasteiger partial charge in [-0.2, -0.15) is 0 Å².